The van der Waals surface area contributed by atoms with E-state index in [0.717, 1.165) is 5.56 Å². The summed E-state index contributed by atoms with van der Waals surface area (Å²) in [6.07, 6.45) is -0.297. The molecule has 8 nitrogen and oxygen atoms in total. The second-order valence-electron chi connectivity index (χ2n) is 7.43. The summed E-state index contributed by atoms with van der Waals surface area (Å²) in [5.41, 5.74) is 1.10. The number of hydrogen-bond donors (Lipinski definition) is 3. The molecule has 0 aliphatic carbocycles. The number of rotatable bonds is 4. The molecule has 1 heterocycles. The zero-order valence-corrected chi connectivity index (χ0v) is 16.6. The van der Waals surface area contributed by atoms with Crippen molar-refractivity contribution in [1.29, 1.82) is 0 Å². The van der Waals surface area contributed by atoms with Gasteiger partial charge in [0.15, 0.2) is 5.96 Å². The van der Waals surface area contributed by atoms with Crippen molar-refractivity contribution in [3.8, 4) is 0 Å². The highest BCUT2D eigenvalue weighted by Crippen LogP contribution is 2.15. The molecule has 1 aromatic rings. The Balaban J connectivity index is 1.79. The van der Waals surface area contributed by atoms with Gasteiger partial charge in [-0.15, -0.1) is 0 Å². The smallest absolute Gasteiger partial charge is 0.410 e. The molecule has 0 bridgehead atoms. The number of carbonyl (C=O) groups excluding carboxylic acids is 2. The molecule has 2 rings (SSSR count). The number of ether oxygens (including phenoxy) is 1. The van der Waals surface area contributed by atoms with Gasteiger partial charge in [-0.25, -0.2) is 4.79 Å². The highest BCUT2D eigenvalue weighted by molar-refractivity contribution is 5.94. The Morgan fingerprint density at radius 3 is 2.59 bits per heavy atom. The molecule has 0 spiro atoms. The summed E-state index contributed by atoms with van der Waals surface area (Å²) in [5, 5.41) is 9.12. The lowest BCUT2D eigenvalue weighted by molar-refractivity contribution is 0.00700. The highest BCUT2D eigenvalue weighted by Gasteiger charge is 2.34. The summed E-state index contributed by atoms with van der Waals surface area (Å²) in [4.78, 5) is 29.5. The minimum Gasteiger partial charge on any atom is -0.444 e. The highest BCUT2D eigenvalue weighted by atomic mass is 16.6. The molecule has 148 valence electrons. The third-order valence-corrected chi connectivity index (χ3v) is 3.97. The van der Waals surface area contributed by atoms with E-state index in [0.29, 0.717) is 31.2 Å². The summed E-state index contributed by atoms with van der Waals surface area (Å²) >= 11 is 0. The Morgan fingerprint density at radius 2 is 2.00 bits per heavy atom. The molecule has 1 fully saturated rings. The minimum absolute atomic E-state index is 0.115. The van der Waals surface area contributed by atoms with E-state index >= 15 is 0 Å². The molecule has 3 N–H and O–H groups in total. The number of carbonyl (C=O) groups is 2. The average Bonchev–Trinajstić information content (AvgIpc) is 2.58. The Morgan fingerprint density at radius 1 is 1.30 bits per heavy atom. The average molecular weight is 375 g/mol. The van der Waals surface area contributed by atoms with Gasteiger partial charge in [-0.2, -0.15) is 0 Å². The van der Waals surface area contributed by atoms with Crippen LogP contribution in [0.1, 0.15) is 36.7 Å². The van der Waals surface area contributed by atoms with Gasteiger partial charge in [-0.3, -0.25) is 9.79 Å². The molecule has 1 aliphatic heterocycles. The van der Waals surface area contributed by atoms with Crippen molar-refractivity contribution in [2.45, 2.75) is 39.0 Å². The predicted molar refractivity (Wildman–Crippen MR) is 105 cm³/mol. The van der Waals surface area contributed by atoms with Crippen molar-refractivity contribution < 1.29 is 14.3 Å². The van der Waals surface area contributed by atoms with E-state index in [1.807, 2.05) is 39.0 Å². The van der Waals surface area contributed by atoms with Crippen LogP contribution in [0.5, 0.6) is 0 Å². The van der Waals surface area contributed by atoms with Crippen LogP contribution in [-0.4, -0.2) is 61.7 Å². The van der Waals surface area contributed by atoms with Gasteiger partial charge in [0.05, 0.1) is 6.04 Å². The molecular weight excluding hydrogens is 346 g/mol. The number of amides is 2. The van der Waals surface area contributed by atoms with E-state index in [9.17, 15) is 9.59 Å². The van der Waals surface area contributed by atoms with E-state index in [2.05, 4.69) is 20.9 Å². The number of nitrogens with zero attached hydrogens (tertiary/aromatic N) is 2. The number of hydrogen-bond acceptors (Lipinski definition) is 4. The maximum absolute atomic E-state index is 12.0. The Labute approximate surface area is 160 Å². The Kier molecular flexibility index (Phi) is 6.65. The molecule has 0 unspecified atom stereocenters. The van der Waals surface area contributed by atoms with Crippen LogP contribution in [-0.2, 0) is 11.3 Å². The van der Waals surface area contributed by atoms with E-state index in [-0.39, 0.29) is 18.0 Å². The molecule has 1 saturated heterocycles. The molecule has 0 radical (unpaired) electrons. The SMILES string of the molecule is CN=C(NCc1cccc(C(=O)NC)c1)NC1CN(C(=O)OC(C)(C)C)C1. The fourth-order valence-electron chi connectivity index (χ4n) is 2.59. The lowest BCUT2D eigenvalue weighted by Gasteiger charge is -2.40. The molecule has 0 saturated carbocycles. The monoisotopic (exact) mass is 375 g/mol. The maximum atomic E-state index is 12.0. The third kappa shape index (κ3) is 6.16. The van der Waals surface area contributed by atoms with Crippen LogP contribution >= 0.6 is 0 Å². The number of benzene rings is 1. The van der Waals surface area contributed by atoms with Crippen molar-refractivity contribution in [1.82, 2.24) is 20.9 Å². The molecule has 1 aromatic carbocycles. The van der Waals surface area contributed by atoms with E-state index in [1.165, 1.54) is 0 Å². The first-order valence-corrected chi connectivity index (χ1v) is 8.98. The summed E-state index contributed by atoms with van der Waals surface area (Å²) in [6.45, 7) is 7.23. The van der Waals surface area contributed by atoms with E-state index in [1.54, 1.807) is 25.1 Å². The molecule has 2 amide bonds. The Hall–Kier alpha value is -2.77. The second-order valence-corrected chi connectivity index (χ2v) is 7.43. The molecule has 8 heteroatoms. The third-order valence-electron chi connectivity index (χ3n) is 3.97. The van der Waals surface area contributed by atoms with Crippen molar-refractivity contribution in [2.24, 2.45) is 4.99 Å². The van der Waals surface area contributed by atoms with Crippen molar-refractivity contribution in [3.63, 3.8) is 0 Å². The van der Waals surface area contributed by atoms with Crippen LogP contribution in [0.3, 0.4) is 0 Å². The summed E-state index contributed by atoms with van der Waals surface area (Å²) in [7, 11) is 3.30. The number of guanidine groups is 1. The fraction of sp³-hybridized carbons (Fsp3) is 0.526. The topological polar surface area (TPSA) is 95.1 Å². The summed E-state index contributed by atoms with van der Waals surface area (Å²) in [5.74, 6) is 0.533. The largest absolute Gasteiger partial charge is 0.444 e. The van der Waals surface area contributed by atoms with Gasteiger partial charge in [-0.05, 0) is 38.5 Å². The normalized spacial score (nSPS) is 15.0. The second kappa shape index (κ2) is 8.75. The zero-order valence-electron chi connectivity index (χ0n) is 16.6. The van der Waals surface area contributed by atoms with Gasteiger partial charge >= 0.3 is 6.09 Å². The van der Waals surface area contributed by atoms with Crippen LogP contribution < -0.4 is 16.0 Å². The fourth-order valence-corrected chi connectivity index (χ4v) is 2.59. The van der Waals surface area contributed by atoms with Gasteiger partial charge in [0.25, 0.3) is 5.91 Å². The summed E-state index contributed by atoms with van der Waals surface area (Å²) in [6, 6.07) is 7.53. The van der Waals surface area contributed by atoms with Crippen molar-refractivity contribution in [3.05, 3.63) is 35.4 Å². The number of aliphatic imine (C=N–C) groups is 1. The van der Waals surface area contributed by atoms with Gasteiger partial charge in [-0.1, -0.05) is 12.1 Å². The van der Waals surface area contributed by atoms with Gasteiger partial charge in [0, 0.05) is 39.3 Å². The summed E-state index contributed by atoms with van der Waals surface area (Å²) < 4.78 is 5.35. The van der Waals surface area contributed by atoms with Crippen molar-refractivity contribution in [2.75, 3.05) is 27.2 Å². The first kappa shape index (κ1) is 20.5. The molecule has 0 aromatic heterocycles. The first-order chi connectivity index (χ1) is 12.7. The molecule has 27 heavy (non-hydrogen) atoms. The lowest BCUT2D eigenvalue weighted by atomic mass is 10.1. The predicted octanol–water partition coefficient (Wildman–Crippen LogP) is 1.33. The standard InChI is InChI=1S/C19H29N5O3/c1-19(2,3)27-18(26)24-11-15(12-24)23-17(21-5)22-10-13-7-6-8-14(9-13)16(25)20-4/h6-9,15H,10-12H2,1-5H3,(H,20,25)(H2,21,22,23). The van der Waals surface area contributed by atoms with Gasteiger partial charge in [0.1, 0.15) is 5.60 Å². The first-order valence-electron chi connectivity index (χ1n) is 8.98. The van der Waals surface area contributed by atoms with Crippen LogP contribution in [0.25, 0.3) is 0 Å². The van der Waals surface area contributed by atoms with Crippen LogP contribution in [0.4, 0.5) is 4.79 Å². The van der Waals surface area contributed by atoms with E-state index in [4.69, 9.17) is 4.74 Å². The minimum atomic E-state index is -0.490. The molecular formula is C19H29N5O3. The zero-order chi connectivity index (χ0) is 20.0. The van der Waals surface area contributed by atoms with Crippen LogP contribution in [0.15, 0.2) is 29.3 Å². The Bertz CT molecular complexity index is 706. The van der Waals surface area contributed by atoms with Crippen LogP contribution in [0, 0.1) is 0 Å². The van der Waals surface area contributed by atoms with Gasteiger partial charge in [0.2, 0.25) is 0 Å². The van der Waals surface area contributed by atoms with Gasteiger partial charge < -0.3 is 25.6 Å². The number of likely N-dealkylation sites (tertiary alicyclic amines) is 1. The lowest BCUT2D eigenvalue weighted by Crippen LogP contribution is -2.63. The molecule has 1 aliphatic rings. The van der Waals surface area contributed by atoms with Crippen LogP contribution in [0.2, 0.25) is 0 Å². The maximum Gasteiger partial charge on any atom is 0.410 e. The number of nitrogens with one attached hydrogen (secondary N) is 3. The van der Waals surface area contributed by atoms with Crippen molar-refractivity contribution >= 4 is 18.0 Å². The van der Waals surface area contributed by atoms with E-state index < -0.39 is 5.60 Å². The quantitative estimate of drug-likeness (QED) is 0.545. The molecule has 0 atom stereocenters.